The Labute approximate surface area is 105 Å². The van der Waals surface area contributed by atoms with E-state index >= 15 is 0 Å². The number of rotatable bonds is 4. The second kappa shape index (κ2) is 4.96. The van der Waals surface area contributed by atoms with Crippen LogP contribution in [0.4, 0.5) is 5.69 Å². The first kappa shape index (κ1) is 12.2. The molecule has 0 aliphatic carbocycles. The summed E-state index contributed by atoms with van der Waals surface area (Å²) in [7, 11) is 0. The number of anilines is 1. The Kier molecular flexibility index (Phi) is 3.37. The highest BCUT2D eigenvalue weighted by Crippen LogP contribution is 2.20. The van der Waals surface area contributed by atoms with Gasteiger partial charge in [0.2, 0.25) is 0 Å². The van der Waals surface area contributed by atoms with Crippen LogP contribution in [0, 0.1) is 13.8 Å². The highest BCUT2D eigenvalue weighted by molar-refractivity contribution is 5.88. The van der Waals surface area contributed by atoms with E-state index in [0.717, 1.165) is 11.3 Å². The zero-order valence-electron chi connectivity index (χ0n) is 10.4. The highest BCUT2D eigenvalue weighted by atomic mass is 16.4. The molecule has 0 fully saturated rings. The maximum absolute atomic E-state index is 10.9. The lowest BCUT2D eigenvalue weighted by molar-refractivity contribution is 0.0694. The van der Waals surface area contributed by atoms with Gasteiger partial charge in [0.05, 0.1) is 12.8 Å². The van der Waals surface area contributed by atoms with E-state index in [1.807, 2.05) is 32.0 Å². The molecule has 2 rings (SSSR count). The maximum atomic E-state index is 10.9. The molecule has 0 amide bonds. The van der Waals surface area contributed by atoms with Crippen molar-refractivity contribution in [1.82, 2.24) is 0 Å². The summed E-state index contributed by atoms with van der Waals surface area (Å²) in [5.41, 5.74) is 3.54. The van der Waals surface area contributed by atoms with E-state index < -0.39 is 5.97 Å². The SMILES string of the molecule is Cc1cccc(NCc2occc2C(=O)O)c1C. The number of carboxylic acid groups (broad SMARTS) is 1. The lowest BCUT2D eigenvalue weighted by Gasteiger charge is -2.10. The molecule has 0 unspecified atom stereocenters. The molecule has 0 atom stereocenters. The minimum Gasteiger partial charge on any atom is -0.478 e. The number of aryl methyl sites for hydroxylation is 1. The van der Waals surface area contributed by atoms with E-state index in [9.17, 15) is 4.79 Å². The largest absolute Gasteiger partial charge is 0.478 e. The fourth-order valence-corrected chi connectivity index (χ4v) is 1.79. The van der Waals surface area contributed by atoms with Gasteiger partial charge in [0.25, 0.3) is 0 Å². The lowest BCUT2D eigenvalue weighted by Crippen LogP contribution is -2.05. The van der Waals surface area contributed by atoms with E-state index in [-0.39, 0.29) is 5.56 Å². The highest BCUT2D eigenvalue weighted by Gasteiger charge is 2.13. The number of carbonyl (C=O) groups is 1. The molecule has 0 saturated heterocycles. The van der Waals surface area contributed by atoms with Gasteiger partial charge in [0.1, 0.15) is 11.3 Å². The lowest BCUT2D eigenvalue weighted by atomic mass is 10.1. The monoisotopic (exact) mass is 245 g/mol. The average molecular weight is 245 g/mol. The first-order chi connectivity index (χ1) is 8.59. The summed E-state index contributed by atoms with van der Waals surface area (Å²) in [6, 6.07) is 7.43. The van der Waals surface area contributed by atoms with E-state index in [4.69, 9.17) is 9.52 Å². The number of hydrogen-bond donors (Lipinski definition) is 2. The molecule has 1 aromatic heterocycles. The van der Waals surface area contributed by atoms with Crippen LogP contribution < -0.4 is 5.32 Å². The zero-order chi connectivity index (χ0) is 13.1. The Morgan fingerprint density at radius 2 is 2.11 bits per heavy atom. The standard InChI is InChI=1S/C14H15NO3/c1-9-4-3-5-12(10(9)2)15-8-13-11(14(16)17)6-7-18-13/h3-7,15H,8H2,1-2H3,(H,16,17). The van der Waals surface area contributed by atoms with Crippen molar-refractivity contribution in [3.63, 3.8) is 0 Å². The molecule has 0 aliphatic heterocycles. The Hall–Kier alpha value is -2.23. The second-order valence-electron chi connectivity index (χ2n) is 4.16. The number of benzene rings is 1. The van der Waals surface area contributed by atoms with E-state index in [2.05, 4.69) is 5.32 Å². The van der Waals surface area contributed by atoms with Gasteiger partial charge >= 0.3 is 5.97 Å². The topological polar surface area (TPSA) is 62.5 Å². The molecule has 4 nitrogen and oxygen atoms in total. The first-order valence-corrected chi connectivity index (χ1v) is 5.69. The minimum atomic E-state index is -0.971. The minimum absolute atomic E-state index is 0.202. The smallest absolute Gasteiger partial charge is 0.339 e. The fraction of sp³-hybridized carbons (Fsp3) is 0.214. The fourth-order valence-electron chi connectivity index (χ4n) is 1.79. The molecule has 94 valence electrons. The molecule has 2 aromatic rings. The molecule has 0 spiro atoms. The van der Waals surface area contributed by atoms with Crippen LogP contribution in [0.3, 0.4) is 0 Å². The Bertz CT molecular complexity index is 572. The molecular weight excluding hydrogens is 230 g/mol. The molecule has 1 aromatic carbocycles. The van der Waals surface area contributed by atoms with Gasteiger partial charge in [0.15, 0.2) is 0 Å². The summed E-state index contributed by atoms with van der Waals surface area (Å²) in [6.07, 6.45) is 1.39. The van der Waals surface area contributed by atoms with Crippen LogP contribution in [0.25, 0.3) is 0 Å². The molecule has 0 saturated carbocycles. The molecule has 4 heteroatoms. The predicted molar refractivity (Wildman–Crippen MR) is 68.9 cm³/mol. The van der Waals surface area contributed by atoms with Crippen molar-refractivity contribution in [3.8, 4) is 0 Å². The summed E-state index contributed by atoms with van der Waals surface area (Å²) in [5, 5.41) is 12.2. The molecule has 0 aliphatic rings. The molecule has 2 N–H and O–H groups in total. The Morgan fingerprint density at radius 3 is 2.83 bits per heavy atom. The number of aromatic carboxylic acids is 1. The van der Waals surface area contributed by atoms with Crippen LogP contribution in [0.2, 0.25) is 0 Å². The second-order valence-corrected chi connectivity index (χ2v) is 4.16. The van der Waals surface area contributed by atoms with Gasteiger partial charge in [-0.2, -0.15) is 0 Å². The van der Waals surface area contributed by atoms with Crippen molar-refractivity contribution < 1.29 is 14.3 Å². The first-order valence-electron chi connectivity index (χ1n) is 5.69. The van der Waals surface area contributed by atoms with Crippen LogP contribution in [0.15, 0.2) is 34.9 Å². The van der Waals surface area contributed by atoms with Crippen molar-refractivity contribution in [3.05, 3.63) is 53.0 Å². The summed E-state index contributed by atoms with van der Waals surface area (Å²) in [5.74, 6) is -0.537. The molecule has 18 heavy (non-hydrogen) atoms. The van der Waals surface area contributed by atoms with Crippen LogP contribution in [0.1, 0.15) is 27.2 Å². The van der Waals surface area contributed by atoms with Crippen molar-refractivity contribution in [1.29, 1.82) is 0 Å². The number of nitrogens with one attached hydrogen (secondary N) is 1. The third-order valence-electron chi connectivity index (χ3n) is 3.02. The van der Waals surface area contributed by atoms with Crippen LogP contribution in [-0.2, 0) is 6.54 Å². The van der Waals surface area contributed by atoms with Crippen LogP contribution >= 0.6 is 0 Å². The van der Waals surface area contributed by atoms with Crippen molar-refractivity contribution >= 4 is 11.7 Å². The van der Waals surface area contributed by atoms with Crippen LogP contribution in [-0.4, -0.2) is 11.1 Å². The van der Waals surface area contributed by atoms with Crippen molar-refractivity contribution in [2.45, 2.75) is 20.4 Å². The third kappa shape index (κ3) is 2.37. The normalized spacial score (nSPS) is 10.3. The van der Waals surface area contributed by atoms with Gasteiger partial charge in [-0.3, -0.25) is 0 Å². The molecule has 1 heterocycles. The van der Waals surface area contributed by atoms with Gasteiger partial charge in [-0.15, -0.1) is 0 Å². The maximum Gasteiger partial charge on any atom is 0.339 e. The van der Waals surface area contributed by atoms with Gasteiger partial charge in [-0.1, -0.05) is 12.1 Å². The van der Waals surface area contributed by atoms with Gasteiger partial charge in [0, 0.05) is 5.69 Å². The Morgan fingerprint density at radius 1 is 1.33 bits per heavy atom. The van der Waals surface area contributed by atoms with E-state index in [1.54, 1.807) is 0 Å². The summed E-state index contributed by atoms with van der Waals surface area (Å²) < 4.78 is 5.17. The summed E-state index contributed by atoms with van der Waals surface area (Å²) >= 11 is 0. The molecule has 0 bridgehead atoms. The number of hydrogen-bond acceptors (Lipinski definition) is 3. The third-order valence-corrected chi connectivity index (χ3v) is 3.02. The van der Waals surface area contributed by atoms with Gasteiger partial charge < -0.3 is 14.8 Å². The van der Waals surface area contributed by atoms with Crippen LogP contribution in [0.5, 0.6) is 0 Å². The summed E-state index contributed by atoms with van der Waals surface area (Å²) in [4.78, 5) is 10.9. The van der Waals surface area contributed by atoms with Gasteiger partial charge in [-0.25, -0.2) is 4.79 Å². The number of carboxylic acids is 1. The quantitative estimate of drug-likeness (QED) is 0.868. The summed E-state index contributed by atoms with van der Waals surface area (Å²) in [6.45, 7) is 4.42. The van der Waals surface area contributed by atoms with E-state index in [1.165, 1.54) is 17.9 Å². The number of furan rings is 1. The van der Waals surface area contributed by atoms with E-state index in [0.29, 0.717) is 12.3 Å². The Balaban J connectivity index is 2.14. The average Bonchev–Trinajstić information content (AvgIpc) is 2.79. The predicted octanol–water partition coefficient (Wildman–Crippen LogP) is 3.21. The molecule has 0 radical (unpaired) electrons. The zero-order valence-corrected chi connectivity index (χ0v) is 10.4. The van der Waals surface area contributed by atoms with Crippen molar-refractivity contribution in [2.24, 2.45) is 0 Å². The van der Waals surface area contributed by atoms with Gasteiger partial charge in [-0.05, 0) is 37.1 Å². The van der Waals surface area contributed by atoms with Crippen molar-refractivity contribution in [2.75, 3.05) is 5.32 Å². The molecular formula is C14H15NO3.